The Hall–Kier alpha value is -1.16. The van der Waals surface area contributed by atoms with Crippen LogP contribution in [0.1, 0.15) is 18.4 Å². The Morgan fingerprint density at radius 2 is 2.00 bits per heavy atom. The maximum absolute atomic E-state index is 11.3. The molecule has 0 aliphatic carbocycles. The standard InChI is InChI=1S/C11H14O3S/c1-2-15(14)8-10(11(12)13)9-6-4-3-5-7-9/h3-7,10H,2,8H2,1H3,(H,12,13). The van der Waals surface area contributed by atoms with Crippen molar-refractivity contribution in [3.05, 3.63) is 35.9 Å². The van der Waals surface area contributed by atoms with Crippen LogP contribution in [0, 0.1) is 0 Å². The quantitative estimate of drug-likeness (QED) is 0.830. The fourth-order valence-electron chi connectivity index (χ4n) is 1.30. The summed E-state index contributed by atoms with van der Waals surface area (Å²) in [6, 6.07) is 8.93. The highest BCUT2D eigenvalue weighted by Crippen LogP contribution is 2.17. The summed E-state index contributed by atoms with van der Waals surface area (Å²) in [4.78, 5) is 11.0. The lowest BCUT2D eigenvalue weighted by Crippen LogP contribution is -2.19. The minimum atomic E-state index is -1.06. The molecule has 0 aliphatic rings. The molecule has 3 nitrogen and oxygen atoms in total. The van der Waals surface area contributed by atoms with Crippen LogP contribution in [0.5, 0.6) is 0 Å². The monoisotopic (exact) mass is 226 g/mol. The maximum Gasteiger partial charge on any atom is 0.311 e. The maximum atomic E-state index is 11.3. The molecule has 2 atom stereocenters. The molecule has 0 heterocycles. The van der Waals surface area contributed by atoms with Gasteiger partial charge in [-0.05, 0) is 5.56 Å². The molecule has 1 N–H and O–H groups in total. The van der Waals surface area contributed by atoms with Crippen molar-refractivity contribution in [2.24, 2.45) is 0 Å². The average molecular weight is 226 g/mol. The number of rotatable bonds is 5. The zero-order valence-corrected chi connectivity index (χ0v) is 9.37. The van der Waals surface area contributed by atoms with Crippen LogP contribution in [0.25, 0.3) is 0 Å². The summed E-state index contributed by atoms with van der Waals surface area (Å²) in [6.07, 6.45) is 0. The van der Waals surface area contributed by atoms with Crippen molar-refractivity contribution < 1.29 is 14.1 Å². The Morgan fingerprint density at radius 1 is 1.40 bits per heavy atom. The first-order valence-electron chi connectivity index (χ1n) is 4.78. The Labute approximate surface area is 91.6 Å². The Balaban J connectivity index is 2.84. The van der Waals surface area contributed by atoms with Gasteiger partial charge < -0.3 is 5.11 Å². The van der Waals surface area contributed by atoms with Gasteiger partial charge in [0.25, 0.3) is 0 Å². The normalized spacial score (nSPS) is 14.5. The molecular weight excluding hydrogens is 212 g/mol. The predicted octanol–water partition coefficient (Wildman–Crippen LogP) is 1.62. The second-order valence-electron chi connectivity index (χ2n) is 3.20. The summed E-state index contributed by atoms with van der Waals surface area (Å²) in [7, 11) is -1.06. The summed E-state index contributed by atoms with van der Waals surface area (Å²) in [5, 5.41) is 9.04. The molecule has 0 amide bonds. The van der Waals surface area contributed by atoms with Crippen LogP contribution in [0.4, 0.5) is 0 Å². The second-order valence-corrected chi connectivity index (χ2v) is 4.99. The molecule has 0 radical (unpaired) electrons. The number of carboxylic acid groups (broad SMARTS) is 1. The number of hydrogen-bond acceptors (Lipinski definition) is 2. The molecule has 1 aromatic carbocycles. The van der Waals surface area contributed by atoms with Crippen molar-refractivity contribution in [1.82, 2.24) is 0 Å². The third kappa shape index (κ3) is 3.47. The van der Waals surface area contributed by atoms with E-state index in [1.807, 2.05) is 6.07 Å². The van der Waals surface area contributed by atoms with Gasteiger partial charge in [0.15, 0.2) is 0 Å². The van der Waals surface area contributed by atoms with E-state index in [0.29, 0.717) is 11.3 Å². The fourth-order valence-corrected chi connectivity index (χ4v) is 2.24. The van der Waals surface area contributed by atoms with Gasteiger partial charge in [-0.1, -0.05) is 37.3 Å². The first-order valence-corrected chi connectivity index (χ1v) is 6.26. The first kappa shape index (κ1) is 11.9. The summed E-state index contributed by atoms with van der Waals surface area (Å²) in [6.45, 7) is 1.79. The minimum Gasteiger partial charge on any atom is -0.481 e. The van der Waals surface area contributed by atoms with E-state index in [-0.39, 0.29) is 5.75 Å². The number of carbonyl (C=O) groups is 1. The van der Waals surface area contributed by atoms with E-state index < -0.39 is 22.7 Å². The van der Waals surface area contributed by atoms with E-state index in [0.717, 1.165) is 0 Å². The Kier molecular flexibility index (Phi) is 4.49. The molecule has 0 aromatic heterocycles. The topological polar surface area (TPSA) is 54.4 Å². The van der Waals surface area contributed by atoms with Gasteiger partial charge >= 0.3 is 5.97 Å². The largest absolute Gasteiger partial charge is 0.481 e. The highest BCUT2D eigenvalue weighted by Gasteiger charge is 2.21. The van der Waals surface area contributed by atoms with Crippen molar-refractivity contribution in [2.45, 2.75) is 12.8 Å². The van der Waals surface area contributed by atoms with Crippen molar-refractivity contribution >= 4 is 16.8 Å². The third-order valence-electron chi connectivity index (χ3n) is 2.17. The van der Waals surface area contributed by atoms with Gasteiger partial charge in [-0.25, -0.2) is 0 Å². The third-order valence-corrected chi connectivity index (χ3v) is 3.52. The number of carboxylic acids is 1. The second kappa shape index (κ2) is 5.66. The van der Waals surface area contributed by atoms with Crippen molar-refractivity contribution in [2.75, 3.05) is 11.5 Å². The molecule has 0 spiro atoms. The van der Waals surface area contributed by atoms with E-state index >= 15 is 0 Å². The van der Waals surface area contributed by atoms with Crippen LogP contribution in [0.3, 0.4) is 0 Å². The molecule has 82 valence electrons. The molecule has 2 unspecified atom stereocenters. The van der Waals surface area contributed by atoms with Gasteiger partial charge in [-0.3, -0.25) is 9.00 Å². The summed E-state index contributed by atoms with van der Waals surface area (Å²) >= 11 is 0. The van der Waals surface area contributed by atoms with Crippen LogP contribution < -0.4 is 0 Å². The molecule has 1 aromatic rings. The van der Waals surface area contributed by atoms with Crippen LogP contribution >= 0.6 is 0 Å². The zero-order valence-electron chi connectivity index (χ0n) is 8.55. The van der Waals surface area contributed by atoms with Crippen LogP contribution in [0.2, 0.25) is 0 Å². The molecule has 0 fully saturated rings. The number of aliphatic carboxylic acids is 1. The summed E-state index contributed by atoms with van der Waals surface area (Å²) < 4.78 is 11.3. The van der Waals surface area contributed by atoms with Gasteiger partial charge in [0.2, 0.25) is 0 Å². The predicted molar refractivity (Wildman–Crippen MR) is 60.4 cm³/mol. The molecule has 0 aliphatic heterocycles. The van der Waals surface area contributed by atoms with Crippen LogP contribution in [0.15, 0.2) is 30.3 Å². The highest BCUT2D eigenvalue weighted by molar-refractivity contribution is 7.85. The lowest BCUT2D eigenvalue weighted by molar-refractivity contribution is -0.138. The molecule has 4 heteroatoms. The van der Waals surface area contributed by atoms with E-state index in [9.17, 15) is 9.00 Å². The molecule has 0 bridgehead atoms. The molecule has 15 heavy (non-hydrogen) atoms. The van der Waals surface area contributed by atoms with E-state index in [1.165, 1.54) is 0 Å². The minimum absolute atomic E-state index is 0.190. The average Bonchev–Trinajstić information content (AvgIpc) is 2.26. The summed E-state index contributed by atoms with van der Waals surface area (Å²) in [5.74, 6) is -0.887. The Bertz CT molecular complexity index is 348. The zero-order chi connectivity index (χ0) is 11.3. The molecule has 1 rings (SSSR count). The lowest BCUT2D eigenvalue weighted by Gasteiger charge is -2.11. The SMILES string of the molecule is CCS(=O)CC(C(=O)O)c1ccccc1. The van der Waals surface area contributed by atoms with Gasteiger partial charge in [0.05, 0.1) is 5.92 Å². The van der Waals surface area contributed by atoms with Crippen molar-refractivity contribution in [3.63, 3.8) is 0 Å². The van der Waals surface area contributed by atoms with Crippen molar-refractivity contribution in [1.29, 1.82) is 0 Å². The van der Waals surface area contributed by atoms with Gasteiger partial charge in [0.1, 0.15) is 0 Å². The van der Waals surface area contributed by atoms with Crippen LogP contribution in [-0.4, -0.2) is 26.8 Å². The molecular formula is C11H14O3S. The molecule has 0 saturated carbocycles. The van der Waals surface area contributed by atoms with E-state index in [4.69, 9.17) is 5.11 Å². The van der Waals surface area contributed by atoms with Crippen molar-refractivity contribution in [3.8, 4) is 0 Å². The van der Waals surface area contributed by atoms with Gasteiger partial charge in [0, 0.05) is 22.3 Å². The first-order chi connectivity index (χ1) is 7.15. The van der Waals surface area contributed by atoms with Gasteiger partial charge in [-0.15, -0.1) is 0 Å². The molecule has 0 saturated heterocycles. The number of hydrogen-bond donors (Lipinski definition) is 1. The summed E-state index contributed by atoms with van der Waals surface area (Å²) in [5.41, 5.74) is 0.715. The fraction of sp³-hybridized carbons (Fsp3) is 0.364. The van der Waals surface area contributed by atoms with Gasteiger partial charge in [-0.2, -0.15) is 0 Å². The van der Waals surface area contributed by atoms with E-state index in [2.05, 4.69) is 0 Å². The number of benzene rings is 1. The highest BCUT2D eigenvalue weighted by atomic mass is 32.2. The Morgan fingerprint density at radius 3 is 2.47 bits per heavy atom. The smallest absolute Gasteiger partial charge is 0.311 e. The van der Waals surface area contributed by atoms with Crippen LogP contribution in [-0.2, 0) is 15.6 Å². The van der Waals surface area contributed by atoms with E-state index in [1.54, 1.807) is 31.2 Å². The lowest BCUT2D eigenvalue weighted by atomic mass is 10.0.